The van der Waals surface area contributed by atoms with Crippen molar-refractivity contribution in [3.63, 3.8) is 0 Å². The van der Waals surface area contributed by atoms with E-state index >= 15 is 0 Å². The molecule has 2 aromatic carbocycles. The topological polar surface area (TPSA) is 133 Å². The third-order valence-corrected chi connectivity index (χ3v) is 4.75. The van der Waals surface area contributed by atoms with E-state index in [1.165, 1.54) is 38.1 Å². The molecule has 0 atom stereocenters. The summed E-state index contributed by atoms with van der Waals surface area (Å²) in [5, 5.41) is 17.0. The van der Waals surface area contributed by atoms with Crippen molar-refractivity contribution in [2.45, 2.75) is 20.0 Å². The molecule has 10 nitrogen and oxygen atoms in total. The van der Waals surface area contributed by atoms with E-state index < -0.39 is 46.3 Å². The smallest absolute Gasteiger partial charge is 0.416 e. The number of aryl methyl sites for hydroxylation is 2. The van der Waals surface area contributed by atoms with Gasteiger partial charge in [0.05, 0.1) is 16.2 Å². The first-order chi connectivity index (χ1) is 16.4. The van der Waals surface area contributed by atoms with E-state index in [1.54, 1.807) is 0 Å². The maximum atomic E-state index is 13.0. The number of benzene rings is 2. The molecule has 0 saturated heterocycles. The van der Waals surface area contributed by atoms with E-state index in [-0.39, 0.29) is 22.8 Å². The highest BCUT2D eigenvalue weighted by molar-refractivity contribution is 5.95. The maximum Gasteiger partial charge on any atom is 0.416 e. The molecular weight excluding hydrogens is 473 g/mol. The molecule has 0 spiro atoms. The van der Waals surface area contributed by atoms with Crippen LogP contribution in [-0.4, -0.2) is 33.2 Å². The van der Waals surface area contributed by atoms with Gasteiger partial charge in [-0.15, -0.1) is 0 Å². The number of halogens is 3. The normalized spacial score (nSPS) is 11.1. The zero-order valence-electron chi connectivity index (χ0n) is 18.3. The first-order valence-corrected chi connectivity index (χ1v) is 9.87. The number of ether oxygens (including phenoxy) is 1. The Kier molecular flexibility index (Phi) is 6.99. The molecule has 35 heavy (non-hydrogen) atoms. The summed E-state index contributed by atoms with van der Waals surface area (Å²) in [5.74, 6) is -2.05. The van der Waals surface area contributed by atoms with Crippen molar-refractivity contribution >= 4 is 23.3 Å². The first-order valence-electron chi connectivity index (χ1n) is 9.87. The number of amides is 1. The van der Waals surface area contributed by atoms with Gasteiger partial charge in [-0.3, -0.25) is 19.7 Å². The van der Waals surface area contributed by atoms with Crippen LogP contribution >= 0.6 is 0 Å². The zero-order valence-corrected chi connectivity index (χ0v) is 18.3. The van der Waals surface area contributed by atoms with Crippen molar-refractivity contribution in [3.05, 3.63) is 91.4 Å². The van der Waals surface area contributed by atoms with Crippen LogP contribution in [0.5, 0.6) is 0 Å². The molecule has 3 aromatic rings. The number of hydrogen-bond acceptors (Lipinski definition) is 7. The monoisotopic (exact) mass is 490 g/mol. The number of rotatable bonds is 6. The quantitative estimate of drug-likeness (QED) is 0.317. The molecule has 3 rings (SSSR count). The van der Waals surface area contributed by atoms with Crippen LogP contribution in [-0.2, 0) is 15.7 Å². The van der Waals surface area contributed by atoms with Crippen molar-refractivity contribution in [2.24, 2.45) is 0 Å². The second-order valence-corrected chi connectivity index (χ2v) is 7.34. The highest BCUT2D eigenvalue weighted by Gasteiger charge is 2.30. The van der Waals surface area contributed by atoms with Crippen molar-refractivity contribution in [2.75, 3.05) is 11.9 Å². The number of alkyl halides is 3. The lowest BCUT2D eigenvalue weighted by atomic mass is 10.2. The summed E-state index contributed by atoms with van der Waals surface area (Å²) in [6.45, 7) is 2.14. The summed E-state index contributed by atoms with van der Waals surface area (Å²) < 4.78 is 45.0. The maximum absolute atomic E-state index is 13.0. The fourth-order valence-electron chi connectivity index (χ4n) is 3.05. The number of esters is 1. The summed E-state index contributed by atoms with van der Waals surface area (Å²) in [6, 6.07) is 8.87. The summed E-state index contributed by atoms with van der Waals surface area (Å²) in [7, 11) is 0. The van der Waals surface area contributed by atoms with Crippen LogP contribution < -0.4 is 10.7 Å². The van der Waals surface area contributed by atoms with Crippen LogP contribution in [0.2, 0.25) is 0 Å². The lowest BCUT2D eigenvalue weighted by Crippen LogP contribution is -2.27. The SMILES string of the molecule is Cc1cc([N+](=O)[O-])ccc1NC(=O)COC(=O)c1nn(-c2cccc(C(F)(F)F)c2)c(C)cc1=O. The van der Waals surface area contributed by atoms with Gasteiger partial charge in [-0.25, -0.2) is 9.48 Å². The first kappa shape index (κ1) is 25.1. The van der Waals surface area contributed by atoms with Crippen molar-refractivity contribution < 1.29 is 32.4 Å². The largest absolute Gasteiger partial charge is 0.451 e. The lowest BCUT2D eigenvalue weighted by molar-refractivity contribution is -0.384. The summed E-state index contributed by atoms with van der Waals surface area (Å²) in [5.41, 5.74) is -1.93. The second kappa shape index (κ2) is 9.75. The number of non-ortho nitro benzene ring substituents is 1. The van der Waals surface area contributed by atoms with E-state index in [0.29, 0.717) is 5.56 Å². The number of nitrogens with zero attached hydrogens (tertiary/aromatic N) is 3. The minimum Gasteiger partial charge on any atom is -0.451 e. The molecule has 0 aliphatic rings. The molecule has 0 radical (unpaired) electrons. The van der Waals surface area contributed by atoms with Crippen molar-refractivity contribution in [3.8, 4) is 5.69 Å². The predicted molar refractivity (Wildman–Crippen MR) is 116 cm³/mol. The summed E-state index contributed by atoms with van der Waals surface area (Å²) in [6.07, 6.45) is -4.61. The molecule has 1 aromatic heterocycles. The van der Waals surface area contributed by atoms with Gasteiger partial charge in [-0.2, -0.15) is 18.3 Å². The molecule has 0 unspecified atom stereocenters. The Balaban J connectivity index is 1.76. The average Bonchev–Trinajstić information content (AvgIpc) is 2.78. The number of aromatic nitrogens is 2. The molecule has 1 amide bonds. The van der Waals surface area contributed by atoms with Gasteiger partial charge in [0.25, 0.3) is 11.6 Å². The fourth-order valence-corrected chi connectivity index (χ4v) is 3.05. The van der Waals surface area contributed by atoms with Crippen LogP contribution in [0.3, 0.4) is 0 Å². The number of anilines is 1. The Morgan fingerprint density at radius 3 is 2.49 bits per heavy atom. The Labute approximate surface area is 195 Å². The minimum atomic E-state index is -4.61. The Morgan fingerprint density at radius 2 is 1.86 bits per heavy atom. The molecule has 0 aliphatic carbocycles. The van der Waals surface area contributed by atoms with Gasteiger partial charge in [0, 0.05) is 29.6 Å². The summed E-state index contributed by atoms with van der Waals surface area (Å²) in [4.78, 5) is 47.0. The van der Waals surface area contributed by atoms with Gasteiger partial charge in [0.1, 0.15) is 0 Å². The van der Waals surface area contributed by atoms with Gasteiger partial charge in [0.15, 0.2) is 6.61 Å². The van der Waals surface area contributed by atoms with E-state index in [0.717, 1.165) is 28.9 Å². The van der Waals surface area contributed by atoms with Crippen LogP contribution in [0, 0.1) is 24.0 Å². The second-order valence-electron chi connectivity index (χ2n) is 7.34. The van der Waals surface area contributed by atoms with Gasteiger partial charge in [-0.1, -0.05) is 6.07 Å². The van der Waals surface area contributed by atoms with E-state index in [9.17, 15) is 37.7 Å². The van der Waals surface area contributed by atoms with Crippen LogP contribution in [0.25, 0.3) is 5.69 Å². The highest BCUT2D eigenvalue weighted by Crippen LogP contribution is 2.30. The molecule has 182 valence electrons. The van der Waals surface area contributed by atoms with Crippen LogP contribution in [0.4, 0.5) is 24.5 Å². The molecule has 1 N–H and O–H groups in total. The van der Waals surface area contributed by atoms with Gasteiger partial charge < -0.3 is 10.1 Å². The Bertz CT molecular complexity index is 1380. The van der Waals surface area contributed by atoms with Crippen LogP contribution in [0.1, 0.15) is 27.3 Å². The van der Waals surface area contributed by atoms with E-state index in [1.807, 2.05) is 0 Å². The molecule has 1 heterocycles. The zero-order chi connectivity index (χ0) is 25.9. The summed E-state index contributed by atoms with van der Waals surface area (Å²) >= 11 is 0. The molecule has 0 fully saturated rings. The van der Waals surface area contributed by atoms with Gasteiger partial charge in [-0.05, 0) is 43.7 Å². The minimum absolute atomic E-state index is 0.0437. The molecule has 0 saturated carbocycles. The number of carbonyl (C=O) groups excluding carboxylic acids is 2. The molecular formula is C22H17F3N4O6. The van der Waals surface area contributed by atoms with Crippen molar-refractivity contribution in [1.82, 2.24) is 9.78 Å². The third kappa shape index (κ3) is 5.88. The number of hydrogen-bond donors (Lipinski definition) is 1. The molecule has 0 bridgehead atoms. The number of nitro groups is 1. The molecule has 0 aliphatic heterocycles. The third-order valence-electron chi connectivity index (χ3n) is 4.75. The number of carbonyl (C=O) groups is 2. The Morgan fingerprint density at radius 1 is 1.14 bits per heavy atom. The van der Waals surface area contributed by atoms with E-state index in [4.69, 9.17) is 4.74 Å². The number of nitrogens with one attached hydrogen (secondary N) is 1. The van der Waals surface area contributed by atoms with Crippen molar-refractivity contribution in [1.29, 1.82) is 0 Å². The highest BCUT2D eigenvalue weighted by atomic mass is 19.4. The lowest BCUT2D eigenvalue weighted by Gasteiger charge is -2.13. The average molecular weight is 490 g/mol. The van der Waals surface area contributed by atoms with Gasteiger partial charge >= 0.3 is 12.1 Å². The van der Waals surface area contributed by atoms with Gasteiger partial charge in [0.2, 0.25) is 11.1 Å². The Hall–Kier alpha value is -4.55. The standard InChI is InChI=1S/C22H17F3N4O6/c1-12-8-16(29(33)34)6-7-17(12)26-19(31)11-35-21(32)20-18(30)9-13(2)28(27-20)15-5-3-4-14(10-15)22(23,24)25/h3-10H,11H2,1-2H3,(H,26,31). The van der Waals surface area contributed by atoms with Crippen LogP contribution in [0.15, 0.2) is 53.3 Å². The fraction of sp³-hybridized carbons (Fsp3) is 0.182. The molecule has 13 heteroatoms. The van der Waals surface area contributed by atoms with E-state index in [2.05, 4.69) is 10.4 Å². The predicted octanol–water partition coefficient (Wildman–Crippen LogP) is 3.57. The number of nitro benzene ring substituents is 1.